The Kier molecular flexibility index (Phi) is 5.66. The monoisotopic (exact) mass is 296 g/mol. The maximum atomic E-state index is 12.1. The molecule has 1 aromatic rings. The van der Waals surface area contributed by atoms with Crippen LogP contribution >= 0.6 is 0 Å². The SMILES string of the molecule is CCC(O)(CC)CNC(=O)c1ccc([N+](=O)[O-])cc1OC. The van der Waals surface area contributed by atoms with Crippen LogP contribution < -0.4 is 10.1 Å². The fourth-order valence-corrected chi connectivity index (χ4v) is 1.82. The Morgan fingerprint density at radius 1 is 1.43 bits per heavy atom. The molecule has 0 radical (unpaired) electrons. The van der Waals surface area contributed by atoms with Crippen LogP contribution in [0, 0.1) is 10.1 Å². The summed E-state index contributed by atoms with van der Waals surface area (Å²) < 4.78 is 5.01. The van der Waals surface area contributed by atoms with Crippen LogP contribution in [-0.4, -0.2) is 35.2 Å². The van der Waals surface area contributed by atoms with Gasteiger partial charge in [-0.1, -0.05) is 13.8 Å². The minimum Gasteiger partial charge on any atom is -0.496 e. The molecule has 1 rings (SSSR count). The topological polar surface area (TPSA) is 102 Å². The molecule has 0 fully saturated rings. The van der Waals surface area contributed by atoms with Gasteiger partial charge in [0.05, 0.1) is 29.3 Å². The maximum absolute atomic E-state index is 12.1. The van der Waals surface area contributed by atoms with Crippen molar-refractivity contribution < 1.29 is 19.6 Å². The van der Waals surface area contributed by atoms with Crippen molar-refractivity contribution >= 4 is 11.6 Å². The average molecular weight is 296 g/mol. The van der Waals surface area contributed by atoms with Crippen molar-refractivity contribution in [1.29, 1.82) is 0 Å². The summed E-state index contributed by atoms with van der Waals surface area (Å²) in [4.78, 5) is 22.3. The molecule has 116 valence electrons. The summed E-state index contributed by atoms with van der Waals surface area (Å²) >= 11 is 0. The molecule has 7 heteroatoms. The van der Waals surface area contributed by atoms with E-state index in [2.05, 4.69) is 5.32 Å². The van der Waals surface area contributed by atoms with Crippen LogP contribution in [0.25, 0.3) is 0 Å². The zero-order valence-corrected chi connectivity index (χ0v) is 12.4. The van der Waals surface area contributed by atoms with E-state index in [0.29, 0.717) is 12.8 Å². The second kappa shape index (κ2) is 7.03. The molecule has 1 aromatic carbocycles. The number of carbonyl (C=O) groups excluding carboxylic acids is 1. The third-order valence-electron chi connectivity index (χ3n) is 3.53. The first kappa shape index (κ1) is 16.9. The van der Waals surface area contributed by atoms with Crippen molar-refractivity contribution in [1.82, 2.24) is 5.32 Å². The second-order valence-corrected chi connectivity index (χ2v) is 4.76. The lowest BCUT2D eigenvalue weighted by molar-refractivity contribution is -0.384. The number of amides is 1. The van der Waals surface area contributed by atoms with Gasteiger partial charge in [-0.15, -0.1) is 0 Å². The molecule has 0 heterocycles. The summed E-state index contributed by atoms with van der Waals surface area (Å²) in [6, 6.07) is 3.77. The number of nitrogens with zero attached hydrogens (tertiary/aromatic N) is 1. The van der Waals surface area contributed by atoms with Crippen molar-refractivity contribution in [3.8, 4) is 5.75 Å². The molecule has 0 aliphatic carbocycles. The normalized spacial score (nSPS) is 11.0. The lowest BCUT2D eigenvalue weighted by Gasteiger charge is -2.25. The Morgan fingerprint density at radius 2 is 2.05 bits per heavy atom. The molecule has 0 atom stereocenters. The van der Waals surface area contributed by atoms with Crippen molar-refractivity contribution in [3.05, 3.63) is 33.9 Å². The summed E-state index contributed by atoms with van der Waals surface area (Å²) in [5, 5.41) is 23.5. The summed E-state index contributed by atoms with van der Waals surface area (Å²) in [6.45, 7) is 3.78. The summed E-state index contributed by atoms with van der Waals surface area (Å²) in [5.74, 6) is -0.319. The largest absolute Gasteiger partial charge is 0.496 e. The number of nitro benzene ring substituents is 1. The smallest absolute Gasteiger partial charge is 0.273 e. The minimum atomic E-state index is -0.955. The van der Waals surface area contributed by atoms with Crippen molar-refractivity contribution in [2.45, 2.75) is 32.3 Å². The Morgan fingerprint density at radius 3 is 2.52 bits per heavy atom. The van der Waals surface area contributed by atoms with E-state index >= 15 is 0 Å². The molecule has 0 bridgehead atoms. The highest BCUT2D eigenvalue weighted by molar-refractivity contribution is 5.97. The van der Waals surface area contributed by atoms with Gasteiger partial charge in [0.1, 0.15) is 5.75 Å². The maximum Gasteiger partial charge on any atom is 0.273 e. The van der Waals surface area contributed by atoms with Crippen LogP contribution in [0.3, 0.4) is 0 Å². The predicted molar refractivity (Wildman–Crippen MR) is 77.5 cm³/mol. The van der Waals surface area contributed by atoms with Crippen LogP contribution in [0.2, 0.25) is 0 Å². The number of nitro groups is 1. The van der Waals surface area contributed by atoms with Crippen molar-refractivity contribution in [3.63, 3.8) is 0 Å². The van der Waals surface area contributed by atoms with E-state index in [-0.39, 0.29) is 23.5 Å². The van der Waals surface area contributed by atoms with E-state index in [0.717, 1.165) is 0 Å². The fraction of sp³-hybridized carbons (Fsp3) is 0.500. The van der Waals surface area contributed by atoms with Crippen LogP contribution in [0.1, 0.15) is 37.0 Å². The van der Waals surface area contributed by atoms with E-state index in [4.69, 9.17) is 4.74 Å². The number of hydrogen-bond acceptors (Lipinski definition) is 5. The molecule has 0 saturated heterocycles. The Labute approximate surface area is 123 Å². The predicted octanol–water partition coefficient (Wildman–Crippen LogP) is 1.88. The first-order valence-corrected chi connectivity index (χ1v) is 6.70. The van der Waals surface area contributed by atoms with Gasteiger partial charge in [-0.2, -0.15) is 0 Å². The molecule has 0 unspecified atom stereocenters. The Balaban J connectivity index is 2.90. The van der Waals surface area contributed by atoms with Crippen molar-refractivity contribution in [2.75, 3.05) is 13.7 Å². The lowest BCUT2D eigenvalue weighted by atomic mass is 9.97. The highest BCUT2D eigenvalue weighted by atomic mass is 16.6. The number of aliphatic hydroxyl groups is 1. The number of methoxy groups -OCH3 is 1. The standard InChI is InChI=1S/C14H20N2O5/c1-4-14(18,5-2)9-15-13(17)11-7-6-10(16(19)20)8-12(11)21-3/h6-8,18H,4-5,9H2,1-3H3,(H,15,17). The van der Waals surface area contributed by atoms with Gasteiger partial charge in [0.15, 0.2) is 0 Å². The molecule has 0 aromatic heterocycles. The highest BCUT2D eigenvalue weighted by Gasteiger charge is 2.24. The van der Waals surface area contributed by atoms with E-state index < -0.39 is 16.4 Å². The van der Waals surface area contributed by atoms with Gasteiger partial charge >= 0.3 is 0 Å². The number of carbonyl (C=O) groups is 1. The average Bonchev–Trinajstić information content (AvgIpc) is 2.51. The first-order valence-electron chi connectivity index (χ1n) is 6.70. The minimum absolute atomic E-state index is 0.110. The van der Waals surface area contributed by atoms with Crippen LogP contribution in [0.4, 0.5) is 5.69 Å². The molecule has 21 heavy (non-hydrogen) atoms. The zero-order valence-electron chi connectivity index (χ0n) is 12.4. The molecule has 0 aliphatic heterocycles. The highest BCUT2D eigenvalue weighted by Crippen LogP contribution is 2.24. The van der Waals surface area contributed by atoms with Crippen LogP contribution in [-0.2, 0) is 0 Å². The second-order valence-electron chi connectivity index (χ2n) is 4.76. The third-order valence-corrected chi connectivity index (χ3v) is 3.53. The molecule has 7 nitrogen and oxygen atoms in total. The van der Waals surface area contributed by atoms with Gasteiger partial charge < -0.3 is 15.2 Å². The van der Waals surface area contributed by atoms with Crippen LogP contribution in [0.15, 0.2) is 18.2 Å². The molecule has 0 saturated carbocycles. The summed E-state index contributed by atoms with van der Waals surface area (Å²) in [5.41, 5.74) is -0.913. The molecular weight excluding hydrogens is 276 g/mol. The quantitative estimate of drug-likeness (QED) is 0.591. The fourth-order valence-electron chi connectivity index (χ4n) is 1.82. The Hall–Kier alpha value is -2.15. The number of rotatable bonds is 7. The first-order chi connectivity index (χ1) is 9.86. The van der Waals surface area contributed by atoms with Gasteiger partial charge in [0.25, 0.3) is 11.6 Å². The van der Waals surface area contributed by atoms with E-state index in [9.17, 15) is 20.0 Å². The van der Waals surface area contributed by atoms with Gasteiger partial charge in [-0.3, -0.25) is 14.9 Å². The van der Waals surface area contributed by atoms with Gasteiger partial charge in [0.2, 0.25) is 0 Å². The van der Waals surface area contributed by atoms with E-state index in [1.165, 1.54) is 25.3 Å². The molecule has 0 aliphatic rings. The molecular formula is C14H20N2O5. The molecule has 0 spiro atoms. The van der Waals surface area contributed by atoms with E-state index in [1.54, 1.807) is 0 Å². The lowest BCUT2D eigenvalue weighted by Crippen LogP contribution is -2.42. The van der Waals surface area contributed by atoms with E-state index in [1.807, 2.05) is 13.8 Å². The number of benzene rings is 1. The number of hydrogen-bond donors (Lipinski definition) is 2. The molecule has 2 N–H and O–H groups in total. The Bertz CT molecular complexity index is 526. The summed E-state index contributed by atoms with van der Waals surface area (Å²) in [6.07, 6.45) is 1.03. The van der Waals surface area contributed by atoms with Gasteiger partial charge in [-0.25, -0.2) is 0 Å². The number of nitrogens with one attached hydrogen (secondary N) is 1. The van der Waals surface area contributed by atoms with Crippen molar-refractivity contribution in [2.24, 2.45) is 0 Å². The van der Waals surface area contributed by atoms with Gasteiger partial charge in [0, 0.05) is 12.6 Å². The number of non-ortho nitro benzene ring substituents is 1. The third kappa shape index (κ3) is 4.16. The van der Waals surface area contributed by atoms with Crippen LogP contribution in [0.5, 0.6) is 5.75 Å². The zero-order chi connectivity index (χ0) is 16.0. The summed E-state index contributed by atoms with van der Waals surface area (Å²) in [7, 11) is 1.34. The number of ether oxygens (including phenoxy) is 1. The molecule has 1 amide bonds. The van der Waals surface area contributed by atoms with Gasteiger partial charge in [-0.05, 0) is 18.9 Å².